The highest BCUT2D eigenvalue weighted by atomic mass is 16.5. The first-order chi connectivity index (χ1) is 10.3. The Morgan fingerprint density at radius 2 is 2.24 bits per heavy atom. The number of nitrogens with zero attached hydrogens (tertiary/aromatic N) is 2. The molecular formula is C16H19N3O2. The Balaban J connectivity index is 1.71. The zero-order valence-electron chi connectivity index (χ0n) is 12.1. The molecule has 2 aromatic rings. The van der Waals surface area contributed by atoms with Gasteiger partial charge in [0.15, 0.2) is 0 Å². The number of carbonyl (C=O) groups excluding carboxylic acids is 1. The van der Waals surface area contributed by atoms with E-state index in [9.17, 15) is 4.79 Å². The van der Waals surface area contributed by atoms with Crippen molar-refractivity contribution in [1.29, 1.82) is 0 Å². The minimum atomic E-state index is -0.0551. The average molecular weight is 285 g/mol. The number of amides is 1. The Labute approximate surface area is 123 Å². The summed E-state index contributed by atoms with van der Waals surface area (Å²) in [5, 5.41) is 6.51. The van der Waals surface area contributed by atoms with Crippen molar-refractivity contribution in [3.8, 4) is 0 Å². The molecule has 21 heavy (non-hydrogen) atoms. The predicted octanol–water partition coefficient (Wildman–Crippen LogP) is 2.19. The standard InChI is InChI=1S/C16H19N3O2/c1-2-12-3-5-13(6-4-12)15-11-19(7-8-21-15)16(20)14-9-17-18-10-14/h3-6,9-10,15H,2,7-8,11H2,1H3,(H,17,18)/t15-/m1/s1. The summed E-state index contributed by atoms with van der Waals surface area (Å²) in [4.78, 5) is 14.2. The van der Waals surface area contributed by atoms with Crippen molar-refractivity contribution in [3.63, 3.8) is 0 Å². The van der Waals surface area contributed by atoms with Crippen LogP contribution in [0.15, 0.2) is 36.7 Å². The third-order valence-corrected chi connectivity index (χ3v) is 3.86. The van der Waals surface area contributed by atoms with E-state index in [4.69, 9.17) is 4.74 Å². The van der Waals surface area contributed by atoms with E-state index in [-0.39, 0.29) is 12.0 Å². The van der Waals surface area contributed by atoms with Crippen molar-refractivity contribution in [2.24, 2.45) is 0 Å². The molecule has 0 radical (unpaired) electrons. The first-order valence-electron chi connectivity index (χ1n) is 7.26. The van der Waals surface area contributed by atoms with Gasteiger partial charge in [-0.1, -0.05) is 31.2 Å². The summed E-state index contributed by atoms with van der Waals surface area (Å²) in [6.07, 6.45) is 4.16. The largest absolute Gasteiger partial charge is 0.370 e. The van der Waals surface area contributed by atoms with Crippen LogP contribution in [-0.2, 0) is 11.2 Å². The van der Waals surface area contributed by atoms with E-state index in [0.717, 1.165) is 12.0 Å². The van der Waals surface area contributed by atoms with Crippen molar-refractivity contribution in [2.45, 2.75) is 19.4 Å². The van der Waals surface area contributed by atoms with Gasteiger partial charge in [0.25, 0.3) is 5.91 Å². The van der Waals surface area contributed by atoms with Crippen LogP contribution >= 0.6 is 0 Å². The SMILES string of the molecule is CCc1ccc([C@H]2CN(C(=O)c3cn[nH]c3)CCO2)cc1. The molecule has 5 nitrogen and oxygen atoms in total. The highest BCUT2D eigenvalue weighted by molar-refractivity contribution is 5.93. The zero-order valence-corrected chi connectivity index (χ0v) is 12.1. The number of hydrogen-bond acceptors (Lipinski definition) is 3. The van der Waals surface area contributed by atoms with Crippen LogP contribution in [0.1, 0.15) is 34.5 Å². The number of ether oxygens (including phenoxy) is 1. The molecule has 1 amide bonds. The van der Waals surface area contributed by atoms with Crippen molar-refractivity contribution in [1.82, 2.24) is 15.1 Å². The van der Waals surface area contributed by atoms with Crippen LogP contribution in [0.25, 0.3) is 0 Å². The van der Waals surface area contributed by atoms with Gasteiger partial charge in [-0.05, 0) is 17.5 Å². The van der Waals surface area contributed by atoms with Crippen molar-refractivity contribution in [2.75, 3.05) is 19.7 Å². The summed E-state index contributed by atoms with van der Waals surface area (Å²) in [5.41, 5.74) is 3.02. The molecule has 1 aromatic carbocycles. The van der Waals surface area contributed by atoms with Crippen LogP contribution in [0.2, 0.25) is 0 Å². The highest BCUT2D eigenvalue weighted by Crippen LogP contribution is 2.23. The molecule has 1 atom stereocenters. The molecule has 1 N–H and O–H groups in total. The Hall–Kier alpha value is -2.14. The Morgan fingerprint density at radius 1 is 1.43 bits per heavy atom. The number of rotatable bonds is 3. The maximum atomic E-state index is 12.3. The van der Waals surface area contributed by atoms with Gasteiger partial charge in [-0.25, -0.2) is 0 Å². The lowest BCUT2D eigenvalue weighted by molar-refractivity contribution is -0.0228. The van der Waals surface area contributed by atoms with Crippen LogP contribution in [-0.4, -0.2) is 40.7 Å². The van der Waals surface area contributed by atoms with Crippen LogP contribution in [0.3, 0.4) is 0 Å². The molecule has 3 rings (SSSR count). The lowest BCUT2D eigenvalue weighted by Crippen LogP contribution is -2.42. The fraction of sp³-hybridized carbons (Fsp3) is 0.375. The molecule has 0 saturated carbocycles. The fourth-order valence-electron chi connectivity index (χ4n) is 2.55. The molecule has 0 aliphatic carbocycles. The second-order valence-corrected chi connectivity index (χ2v) is 5.19. The first kappa shape index (κ1) is 13.8. The summed E-state index contributed by atoms with van der Waals surface area (Å²) in [6, 6.07) is 8.43. The van der Waals surface area contributed by atoms with E-state index in [1.807, 2.05) is 4.90 Å². The molecule has 1 fully saturated rings. The van der Waals surface area contributed by atoms with Crippen LogP contribution in [0.4, 0.5) is 0 Å². The van der Waals surface area contributed by atoms with Crippen LogP contribution in [0.5, 0.6) is 0 Å². The molecule has 1 saturated heterocycles. The van der Waals surface area contributed by atoms with E-state index in [0.29, 0.717) is 25.3 Å². The molecule has 0 unspecified atom stereocenters. The molecular weight excluding hydrogens is 266 g/mol. The lowest BCUT2D eigenvalue weighted by atomic mass is 10.0. The van der Waals surface area contributed by atoms with Crippen molar-refractivity contribution in [3.05, 3.63) is 53.3 Å². The Kier molecular flexibility index (Phi) is 4.01. The van der Waals surface area contributed by atoms with Crippen molar-refractivity contribution >= 4 is 5.91 Å². The van der Waals surface area contributed by atoms with Crippen LogP contribution < -0.4 is 0 Å². The quantitative estimate of drug-likeness (QED) is 0.940. The maximum absolute atomic E-state index is 12.3. The third kappa shape index (κ3) is 2.97. The Bertz CT molecular complexity index is 592. The molecule has 2 heterocycles. The summed E-state index contributed by atoms with van der Waals surface area (Å²) in [5.74, 6) is 0.00206. The number of nitrogens with one attached hydrogen (secondary N) is 1. The van der Waals surface area contributed by atoms with Crippen molar-refractivity contribution < 1.29 is 9.53 Å². The van der Waals surface area contributed by atoms with Gasteiger partial charge in [-0.3, -0.25) is 9.89 Å². The molecule has 1 aliphatic heterocycles. The number of benzene rings is 1. The number of aromatic amines is 1. The molecule has 5 heteroatoms. The first-order valence-corrected chi connectivity index (χ1v) is 7.26. The fourth-order valence-corrected chi connectivity index (χ4v) is 2.55. The summed E-state index contributed by atoms with van der Waals surface area (Å²) in [7, 11) is 0. The average Bonchev–Trinajstić information content (AvgIpc) is 3.09. The smallest absolute Gasteiger partial charge is 0.257 e. The normalized spacial score (nSPS) is 18.7. The second-order valence-electron chi connectivity index (χ2n) is 5.19. The van der Waals surface area contributed by atoms with Gasteiger partial charge >= 0.3 is 0 Å². The van der Waals surface area contributed by atoms with Gasteiger partial charge in [-0.2, -0.15) is 5.10 Å². The number of morpholine rings is 1. The third-order valence-electron chi connectivity index (χ3n) is 3.86. The van der Waals surface area contributed by atoms with Crippen LogP contribution in [0, 0.1) is 0 Å². The summed E-state index contributed by atoms with van der Waals surface area (Å²) in [6.45, 7) is 3.89. The lowest BCUT2D eigenvalue weighted by Gasteiger charge is -2.33. The number of carbonyl (C=O) groups is 1. The monoisotopic (exact) mass is 285 g/mol. The minimum absolute atomic E-state index is 0.00206. The van der Waals surface area contributed by atoms with Gasteiger partial charge in [0, 0.05) is 12.7 Å². The van der Waals surface area contributed by atoms with E-state index in [1.54, 1.807) is 12.4 Å². The van der Waals surface area contributed by atoms with Gasteiger partial charge in [-0.15, -0.1) is 0 Å². The van der Waals surface area contributed by atoms with E-state index < -0.39 is 0 Å². The number of aryl methyl sites for hydroxylation is 1. The molecule has 110 valence electrons. The highest BCUT2D eigenvalue weighted by Gasteiger charge is 2.26. The number of aromatic nitrogens is 2. The minimum Gasteiger partial charge on any atom is -0.370 e. The Morgan fingerprint density at radius 3 is 2.90 bits per heavy atom. The van der Waals surface area contributed by atoms with E-state index in [2.05, 4.69) is 41.4 Å². The molecule has 1 aliphatic rings. The predicted molar refractivity (Wildman–Crippen MR) is 79.0 cm³/mol. The summed E-state index contributed by atoms with van der Waals surface area (Å²) >= 11 is 0. The molecule has 1 aromatic heterocycles. The second kappa shape index (κ2) is 6.10. The number of hydrogen-bond donors (Lipinski definition) is 1. The van der Waals surface area contributed by atoms with Gasteiger partial charge in [0.2, 0.25) is 0 Å². The van der Waals surface area contributed by atoms with E-state index in [1.165, 1.54) is 5.56 Å². The summed E-state index contributed by atoms with van der Waals surface area (Å²) < 4.78 is 5.82. The maximum Gasteiger partial charge on any atom is 0.257 e. The number of H-pyrrole nitrogens is 1. The van der Waals surface area contributed by atoms with Gasteiger partial charge in [0.1, 0.15) is 6.10 Å². The molecule has 0 bridgehead atoms. The van der Waals surface area contributed by atoms with Gasteiger partial charge in [0.05, 0.1) is 24.9 Å². The van der Waals surface area contributed by atoms with E-state index >= 15 is 0 Å². The zero-order chi connectivity index (χ0) is 14.7. The topological polar surface area (TPSA) is 58.2 Å². The molecule has 0 spiro atoms. The van der Waals surface area contributed by atoms with Gasteiger partial charge < -0.3 is 9.64 Å².